The topological polar surface area (TPSA) is 21.3 Å². The van der Waals surface area contributed by atoms with Gasteiger partial charge in [0.25, 0.3) is 0 Å². The molecule has 1 saturated carbocycles. The predicted molar refractivity (Wildman–Crippen MR) is 78.7 cm³/mol. The molecule has 2 nitrogen and oxygen atoms in total. The van der Waals surface area contributed by atoms with Gasteiger partial charge in [0.15, 0.2) is 0 Å². The molecule has 1 aliphatic rings. The minimum absolute atomic E-state index is 0.376. The molecular weight excluding hydrogens is 290 g/mol. The van der Waals surface area contributed by atoms with Gasteiger partial charge in [-0.1, -0.05) is 34.1 Å². The number of benzene rings is 1. The molecule has 1 aromatic rings. The van der Waals surface area contributed by atoms with Crippen molar-refractivity contribution in [1.82, 2.24) is 5.32 Å². The van der Waals surface area contributed by atoms with Crippen LogP contribution in [-0.4, -0.2) is 19.3 Å². The van der Waals surface area contributed by atoms with Crippen LogP contribution < -0.4 is 5.32 Å². The molecule has 1 aliphatic carbocycles. The van der Waals surface area contributed by atoms with Crippen molar-refractivity contribution < 1.29 is 4.74 Å². The maximum atomic E-state index is 5.48. The Labute approximate surface area is 118 Å². The lowest BCUT2D eigenvalue weighted by molar-refractivity contribution is 0.0572. The highest BCUT2D eigenvalue weighted by Crippen LogP contribution is 2.26. The van der Waals surface area contributed by atoms with Gasteiger partial charge in [0.1, 0.15) is 0 Å². The van der Waals surface area contributed by atoms with Gasteiger partial charge >= 0.3 is 0 Å². The molecule has 1 aromatic carbocycles. The summed E-state index contributed by atoms with van der Waals surface area (Å²) in [5, 5.41) is 3.73. The van der Waals surface area contributed by atoms with Crippen LogP contribution in [0.15, 0.2) is 28.7 Å². The van der Waals surface area contributed by atoms with E-state index in [1.165, 1.54) is 29.3 Å². The molecule has 1 N–H and O–H groups in total. The van der Waals surface area contributed by atoms with Crippen LogP contribution in [0.4, 0.5) is 0 Å². The van der Waals surface area contributed by atoms with Gasteiger partial charge in [-0.25, -0.2) is 0 Å². The summed E-state index contributed by atoms with van der Waals surface area (Å²) in [5.74, 6) is 0. The number of rotatable bonds is 4. The average molecular weight is 312 g/mol. The van der Waals surface area contributed by atoms with Crippen molar-refractivity contribution in [2.75, 3.05) is 7.11 Å². The number of ether oxygens (including phenoxy) is 1. The zero-order valence-corrected chi connectivity index (χ0v) is 12.7. The van der Waals surface area contributed by atoms with E-state index in [-0.39, 0.29) is 0 Å². The average Bonchev–Trinajstić information content (AvgIpc) is 2.39. The van der Waals surface area contributed by atoms with Crippen LogP contribution in [0.5, 0.6) is 0 Å². The summed E-state index contributed by atoms with van der Waals surface area (Å²) in [6.45, 7) is 2.23. The molecule has 100 valence electrons. The van der Waals surface area contributed by atoms with Crippen molar-refractivity contribution in [2.24, 2.45) is 0 Å². The molecule has 0 radical (unpaired) electrons. The molecule has 18 heavy (non-hydrogen) atoms. The van der Waals surface area contributed by atoms with Crippen molar-refractivity contribution in [3.05, 3.63) is 34.3 Å². The Morgan fingerprint density at radius 3 is 2.83 bits per heavy atom. The second kappa shape index (κ2) is 6.69. The Morgan fingerprint density at radius 1 is 1.33 bits per heavy atom. The highest BCUT2D eigenvalue weighted by Gasteiger charge is 2.23. The molecule has 1 fully saturated rings. The van der Waals surface area contributed by atoms with Crippen LogP contribution in [-0.2, 0) is 4.74 Å². The molecule has 0 heterocycles. The van der Waals surface area contributed by atoms with Crippen LogP contribution in [0.3, 0.4) is 0 Å². The van der Waals surface area contributed by atoms with Crippen molar-refractivity contribution >= 4 is 15.9 Å². The van der Waals surface area contributed by atoms with Crippen LogP contribution in [0, 0.1) is 0 Å². The molecule has 2 rings (SSSR count). The first-order valence-electron chi connectivity index (χ1n) is 6.74. The molecule has 0 amide bonds. The van der Waals surface area contributed by atoms with E-state index in [2.05, 4.69) is 52.4 Å². The fraction of sp³-hybridized carbons (Fsp3) is 0.600. The first-order valence-corrected chi connectivity index (χ1v) is 7.53. The fourth-order valence-electron chi connectivity index (χ4n) is 2.78. The minimum atomic E-state index is 0.376. The summed E-state index contributed by atoms with van der Waals surface area (Å²) in [6.07, 6.45) is 5.29. The van der Waals surface area contributed by atoms with E-state index in [1.54, 1.807) is 0 Å². The van der Waals surface area contributed by atoms with Crippen molar-refractivity contribution in [3.8, 4) is 0 Å². The summed E-state index contributed by atoms with van der Waals surface area (Å²) in [7, 11) is 1.82. The third kappa shape index (κ3) is 3.56. The Hall–Kier alpha value is -0.380. The molecule has 0 aliphatic heterocycles. The molecular formula is C15H22BrNO. The molecule has 0 saturated heterocycles. The summed E-state index contributed by atoms with van der Waals surface area (Å²) >= 11 is 3.62. The highest BCUT2D eigenvalue weighted by molar-refractivity contribution is 9.10. The predicted octanol–water partition coefficient (Wildman–Crippen LogP) is 4.06. The maximum Gasteiger partial charge on any atom is 0.0586 e. The monoisotopic (exact) mass is 311 g/mol. The summed E-state index contributed by atoms with van der Waals surface area (Å²) < 4.78 is 6.67. The van der Waals surface area contributed by atoms with E-state index in [1.807, 2.05) is 7.11 Å². The van der Waals surface area contributed by atoms with E-state index in [0.717, 1.165) is 6.42 Å². The van der Waals surface area contributed by atoms with Crippen LogP contribution in [0.1, 0.15) is 44.2 Å². The first kappa shape index (κ1) is 14.0. The quantitative estimate of drug-likeness (QED) is 0.905. The standard InChI is InChI=1S/C15H22BrNO/c1-11(14-8-3-4-9-15(14)16)17-12-6-5-7-13(10-12)18-2/h3-4,8-9,11-13,17H,5-7,10H2,1-2H3. The zero-order chi connectivity index (χ0) is 13.0. The molecule has 3 heteroatoms. The summed E-state index contributed by atoms with van der Waals surface area (Å²) in [4.78, 5) is 0. The van der Waals surface area contributed by atoms with Crippen LogP contribution in [0.25, 0.3) is 0 Å². The van der Waals surface area contributed by atoms with Crippen LogP contribution in [0.2, 0.25) is 0 Å². The second-order valence-corrected chi connectivity index (χ2v) is 5.99. The van der Waals surface area contributed by atoms with Gasteiger partial charge in [0, 0.05) is 23.7 Å². The Bertz CT molecular complexity index is 383. The zero-order valence-electron chi connectivity index (χ0n) is 11.2. The van der Waals surface area contributed by atoms with Gasteiger partial charge in [0.2, 0.25) is 0 Å². The maximum absolute atomic E-state index is 5.48. The number of methoxy groups -OCH3 is 1. The van der Waals surface area contributed by atoms with Gasteiger partial charge in [-0.3, -0.25) is 0 Å². The van der Waals surface area contributed by atoms with Gasteiger partial charge in [-0.15, -0.1) is 0 Å². The Morgan fingerprint density at radius 2 is 2.11 bits per heavy atom. The largest absolute Gasteiger partial charge is 0.381 e. The second-order valence-electron chi connectivity index (χ2n) is 5.13. The lowest BCUT2D eigenvalue weighted by atomic mass is 9.92. The number of hydrogen-bond donors (Lipinski definition) is 1. The van der Waals surface area contributed by atoms with E-state index in [9.17, 15) is 0 Å². The smallest absolute Gasteiger partial charge is 0.0586 e. The number of hydrogen-bond acceptors (Lipinski definition) is 2. The SMILES string of the molecule is COC1CCCC(NC(C)c2ccccc2Br)C1. The van der Waals surface area contributed by atoms with Gasteiger partial charge in [0.05, 0.1) is 6.10 Å². The molecule has 0 bridgehead atoms. The first-order chi connectivity index (χ1) is 8.70. The number of nitrogens with one attached hydrogen (secondary N) is 1. The minimum Gasteiger partial charge on any atom is -0.381 e. The molecule has 0 spiro atoms. The molecule has 3 atom stereocenters. The normalized spacial score (nSPS) is 25.9. The van der Waals surface area contributed by atoms with Gasteiger partial charge in [-0.2, -0.15) is 0 Å². The lowest BCUT2D eigenvalue weighted by Crippen LogP contribution is -2.38. The van der Waals surface area contributed by atoms with Crippen molar-refractivity contribution in [2.45, 2.75) is 50.8 Å². The van der Waals surface area contributed by atoms with E-state index >= 15 is 0 Å². The highest BCUT2D eigenvalue weighted by atomic mass is 79.9. The Kier molecular flexibility index (Phi) is 5.22. The lowest BCUT2D eigenvalue weighted by Gasteiger charge is -2.31. The summed E-state index contributed by atoms with van der Waals surface area (Å²) in [5.41, 5.74) is 1.33. The van der Waals surface area contributed by atoms with Gasteiger partial charge in [-0.05, 0) is 44.2 Å². The van der Waals surface area contributed by atoms with Crippen molar-refractivity contribution in [3.63, 3.8) is 0 Å². The van der Waals surface area contributed by atoms with Crippen molar-refractivity contribution in [1.29, 1.82) is 0 Å². The fourth-order valence-corrected chi connectivity index (χ4v) is 3.41. The van der Waals surface area contributed by atoms with E-state index in [4.69, 9.17) is 4.74 Å². The third-order valence-electron chi connectivity index (χ3n) is 3.82. The van der Waals surface area contributed by atoms with E-state index in [0.29, 0.717) is 18.2 Å². The Balaban J connectivity index is 1.95. The van der Waals surface area contributed by atoms with Crippen LogP contribution >= 0.6 is 15.9 Å². The van der Waals surface area contributed by atoms with Gasteiger partial charge < -0.3 is 10.1 Å². The number of halogens is 1. The third-order valence-corrected chi connectivity index (χ3v) is 4.54. The molecule has 0 aromatic heterocycles. The molecule has 3 unspecified atom stereocenters. The summed E-state index contributed by atoms with van der Waals surface area (Å²) in [6, 6.07) is 9.39. The van der Waals surface area contributed by atoms with E-state index < -0.39 is 0 Å².